The topological polar surface area (TPSA) is 82.8 Å². The van der Waals surface area contributed by atoms with Crippen LogP contribution in [-0.4, -0.2) is 46.2 Å². The summed E-state index contributed by atoms with van der Waals surface area (Å²) in [6, 6.07) is 7.37. The average Bonchev–Trinajstić information content (AvgIpc) is 2.67. The molecule has 1 aromatic heterocycles. The van der Waals surface area contributed by atoms with Gasteiger partial charge in [-0.25, -0.2) is 4.79 Å². The Hall–Kier alpha value is -3.29. The maximum absolute atomic E-state index is 12.3. The van der Waals surface area contributed by atoms with Crippen LogP contribution in [0, 0.1) is 0 Å². The Kier molecular flexibility index (Phi) is 5.16. The number of hydrogen-bond acceptors (Lipinski definition) is 5. The number of rotatable bonds is 4. The lowest BCUT2D eigenvalue weighted by atomic mass is 10.2. The lowest BCUT2D eigenvalue weighted by Crippen LogP contribution is -2.41. The zero-order valence-corrected chi connectivity index (χ0v) is 15.4. The van der Waals surface area contributed by atoms with Crippen molar-refractivity contribution in [3.8, 4) is 11.5 Å². The SMILES string of the molecule is CN(CC1COc2ccccc2O1)C(=O)C=Cc1cn(C)c(=O)n(C)c1=O. The third-order valence-corrected chi connectivity index (χ3v) is 4.30. The molecule has 0 bridgehead atoms. The summed E-state index contributed by atoms with van der Waals surface area (Å²) in [5.41, 5.74) is -0.617. The van der Waals surface area contributed by atoms with Gasteiger partial charge in [0.25, 0.3) is 5.56 Å². The van der Waals surface area contributed by atoms with E-state index in [9.17, 15) is 14.4 Å². The molecule has 1 unspecified atom stereocenters. The first-order chi connectivity index (χ1) is 12.9. The van der Waals surface area contributed by atoms with E-state index in [2.05, 4.69) is 0 Å². The first kappa shape index (κ1) is 18.5. The van der Waals surface area contributed by atoms with E-state index in [0.717, 1.165) is 4.57 Å². The highest BCUT2D eigenvalue weighted by Gasteiger charge is 2.23. The molecule has 1 aliphatic heterocycles. The van der Waals surface area contributed by atoms with Gasteiger partial charge in [-0.2, -0.15) is 0 Å². The van der Waals surface area contributed by atoms with Gasteiger partial charge in [0.1, 0.15) is 6.61 Å². The molecule has 2 heterocycles. The molecular formula is C19H21N3O5. The third kappa shape index (κ3) is 3.94. The highest BCUT2D eigenvalue weighted by atomic mass is 16.6. The standard InChI is InChI=1S/C19H21N3O5/c1-20(11-14-12-26-15-6-4-5-7-16(15)27-14)17(23)9-8-13-10-21(2)19(25)22(3)18(13)24/h4-10,14H,11-12H2,1-3H3. The second kappa shape index (κ2) is 7.53. The van der Waals surface area contributed by atoms with Gasteiger partial charge in [0, 0.05) is 33.4 Å². The van der Waals surface area contributed by atoms with Gasteiger partial charge in [-0.15, -0.1) is 0 Å². The monoisotopic (exact) mass is 371 g/mol. The number of aromatic nitrogens is 2. The minimum absolute atomic E-state index is 0.257. The van der Waals surface area contributed by atoms with Gasteiger partial charge >= 0.3 is 5.69 Å². The molecule has 0 aliphatic carbocycles. The molecule has 27 heavy (non-hydrogen) atoms. The van der Waals surface area contributed by atoms with Gasteiger partial charge in [0.05, 0.1) is 12.1 Å². The quantitative estimate of drug-likeness (QED) is 0.727. The molecule has 0 N–H and O–H groups in total. The molecule has 1 atom stereocenters. The largest absolute Gasteiger partial charge is 0.486 e. The zero-order valence-electron chi connectivity index (χ0n) is 15.4. The van der Waals surface area contributed by atoms with Crippen LogP contribution in [0.2, 0.25) is 0 Å². The summed E-state index contributed by atoms with van der Waals surface area (Å²) in [5.74, 6) is 1.06. The normalized spacial score (nSPS) is 15.7. The molecule has 0 fully saturated rings. The van der Waals surface area contributed by atoms with E-state index in [4.69, 9.17) is 9.47 Å². The van der Waals surface area contributed by atoms with Gasteiger partial charge in [0.15, 0.2) is 17.6 Å². The summed E-state index contributed by atoms with van der Waals surface area (Å²) in [6.45, 7) is 0.683. The number of likely N-dealkylation sites (N-methyl/N-ethyl adjacent to an activating group) is 1. The molecule has 0 saturated heterocycles. The van der Waals surface area contributed by atoms with Crippen molar-refractivity contribution in [3.05, 3.63) is 62.9 Å². The Morgan fingerprint density at radius 3 is 2.70 bits per heavy atom. The minimum atomic E-state index is -0.453. The van der Waals surface area contributed by atoms with E-state index in [1.165, 1.54) is 34.9 Å². The van der Waals surface area contributed by atoms with Gasteiger partial charge in [-0.3, -0.25) is 14.2 Å². The predicted octanol–water partition coefficient (Wildman–Crippen LogP) is 0.396. The molecule has 3 rings (SSSR count). The Balaban J connectivity index is 1.66. The van der Waals surface area contributed by atoms with Crippen molar-refractivity contribution in [2.45, 2.75) is 6.10 Å². The van der Waals surface area contributed by atoms with E-state index in [-0.39, 0.29) is 17.6 Å². The van der Waals surface area contributed by atoms with Crippen LogP contribution in [0.25, 0.3) is 6.08 Å². The Labute approximate surface area is 155 Å². The van der Waals surface area contributed by atoms with Crippen LogP contribution in [0.4, 0.5) is 0 Å². The van der Waals surface area contributed by atoms with Crippen molar-refractivity contribution < 1.29 is 14.3 Å². The van der Waals surface area contributed by atoms with Crippen molar-refractivity contribution in [2.24, 2.45) is 14.1 Å². The molecule has 142 valence electrons. The summed E-state index contributed by atoms with van der Waals surface area (Å²) >= 11 is 0. The van der Waals surface area contributed by atoms with E-state index >= 15 is 0 Å². The predicted molar refractivity (Wildman–Crippen MR) is 99.9 cm³/mol. The lowest BCUT2D eigenvalue weighted by molar-refractivity contribution is -0.126. The van der Waals surface area contributed by atoms with E-state index in [1.807, 2.05) is 24.3 Å². The maximum Gasteiger partial charge on any atom is 0.330 e. The fourth-order valence-corrected chi connectivity index (χ4v) is 2.79. The number of carbonyl (C=O) groups excluding carboxylic acids is 1. The van der Waals surface area contributed by atoms with Crippen molar-refractivity contribution in [3.63, 3.8) is 0 Å². The molecule has 0 radical (unpaired) electrons. The van der Waals surface area contributed by atoms with Crippen LogP contribution in [0.1, 0.15) is 5.56 Å². The van der Waals surface area contributed by atoms with Crippen molar-refractivity contribution in [2.75, 3.05) is 20.2 Å². The summed E-state index contributed by atoms with van der Waals surface area (Å²) in [7, 11) is 4.59. The van der Waals surface area contributed by atoms with Crippen LogP contribution in [0.3, 0.4) is 0 Å². The Morgan fingerprint density at radius 2 is 1.96 bits per heavy atom. The first-order valence-electron chi connectivity index (χ1n) is 8.45. The molecular weight excluding hydrogens is 350 g/mol. The highest BCUT2D eigenvalue weighted by molar-refractivity contribution is 5.91. The fourth-order valence-electron chi connectivity index (χ4n) is 2.79. The number of benzene rings is 1. The third-order valence-electron chi connectivity index (χ3n) is 4.30. The average molecular weight is 371 g/mol. The molecule has 8 heteroatoms. The van der Waals surface area contributed by atoms with Crippen molar-refractivity contribution >= 4 is 12.0 Å². The van der Waals surface area contributed by atoms with Crippen LogP contribution in [-0.2, 0) is 18.9 Å². The number of hydrogen-bond donors (Lipinski definition) is 0. The number of carbonyl (C=O) groups is 1. The van der Waals surface area contributed by atoms with Crippen molar-refractivity contribution in [1.29, 1.82) is 0 Å². The molecule has 1 amide bonds. The highest BCUT2D eigenvalue weighted by Crippen LogP contribution is 2.30. The zero-order chi connectivity index (χ0) is 19.6. The molecule has 1 aliphatic rings. The Bertz CT molecular complexity index is 1010. The summed E-state index contributed by atoms with van der Waals surface area (Å²) < 4.78 is 13.8. The van der Waals surface area contributed by atoms with Gasteiger partial charge in [0.2, 0.25) is 5.91 Å². The van der Waals surface area contributed by atoms with Crippen LogP contribution in [0.15, 0.2) is 46.1 Å². The molecule has 2 aromatic rings. The summed E-state index contributed by atoms with van der Waals surface area (Å²) in [5, 5.41) is 0. The lowest BCUT2D eigenvalue weighted by Gasteiger charge is -2.29. The minimum Gasteiger partial charge on any atom is -0.486 e. The molecule has 1 aromatic carbocycles. The fraction of sp³-hybridized carbons (Fsp3) is 0.316. The van der Waals surface area contributed by atoms with Crippen LogP contribution < -0.4 is 20.7 Å². The Morgan fingerprint density at radius 1 is 1.26 bits per heavy atom. The summed E-state index contributed by atoms with van der Waals surface area (Å²) in [6.07, 6.45) is 3.84. The van der Waals surface area contributed by atoms with Gasteiger partial charge in [-0.1, -0.05) is 12.1 Å². The first-order valence-corrected chi connectivity index (χ1v) is 8.45. The van der Waals surface area contributed by atoms with E-state index < -0.39 is 11.2 Å². The number of aryl methyl sites for hydroxylation is 1. The number of ether oxygens (including phenoxy) is 2. The number of amides is 1. The molecule has 8 nitrogen and oxygen atoms in total. The maximum atomic E-state index is 12.3. The van der Waals surface area contributed by atoms with Crippen LogP contribution in [0.5, 0.6) is 11.5 Å². The van der Waals surface area contributed by atoms with Crippen LogP contribution >= 0.6 is 0 Å². The smallest absolute Gasteiger partial charge is 0.330 e. The number of nitrogens with zero attached hydrogens (tertiary/aromatic N) is 3. The van der Waals surface area contributed by atoms with Gasteiger partial charge in [-0.05, 0) is 18.2 Å². The number of para-hydroxylation sites is 2. The molecule has 0 saturated carbocycles. The molecule has 0 spiro atoms. The second-order valence-corrected chi connectivity index (χ2v) is 6.39. The van der Waals surface area contributed by atoms with E-state index in [1.54, 1.807) is 14.1 Å². The number of fused-ring (bicyclic) bond motifs is 1. The summed E-state index contributed by atoms with van der Waals surface area (Å²) in [4.78, 5) is 37.6. The second-order valence-electron chi connectivity index (χ2n) is 6.39. The van der Waals surface area contributed by atoms with Crippen molar-refractivity contribution in [1.82, 2.24) is 14.0 Å². The van der Waals surface area contributed by atoms with Gasteiger partial charge < -0.3 is 18.9 Å². The van der Waals surface area contributed by atoms with E-state index in [0.29, 0.717) is 24.7 Å².